The SMILES string of the molecule is Cc1ccc(S(=O)(=O)N(C)c2ccc(Oc3ncnc4ccccc34)cc2)cc1. The largest absolute Gasteiger partial charge is 0.438 e. The van der Waals surface area contributed by atoms with E-state index in [-0.39, 0.29) is 4.90 Å². The molecule has 4 aromatic rings. The van der Waals surface area contributed by atoms with Crippen molar-refractivity contribution < 1.29 is 13.2 Å². The highest BCUT2D eigenvalue weighted by Crippen LogP contribution is 2.29. The Hall–Kier alpha value is -3.45. The van der Waals surface area contributed by atoms with Crippen LogP contribution in [0.1, 0.15) is 5.56 Å². The Morgan fingerprint density at radius 3 is 2.28 bits per heavy atom. The van der Waals surface area contributed by atoms with Gasteiger partial charge in [0.2, 0.25) is 5.88 Å². The molecule has 0 unspecified atom stereocenters. The summed E-state index contributed by atoms with van der Waals surface area (Å²) in [6, 6.07) is 21.2. The molecule has 6 nitrogen and oxygen atoms in total. The molecule has 0 aliphatic rings. The third-order valence-corrected chi connectivity index (χ3v) is 6.40. The standard InChI is InChI=1S/C22H19N3O3S/c1-16-7-13-19(14-8-16)29(26,27)25(2)17-9-11-18(12-10-17)28-22-20-5-3-4-6-21(20)23-15-24-22/h3-15H,1-2H3. The van der Waals surface area contributed by atoms with Gasteiger partial charge in [-0.15, -0.1) is 0 Å². The van der Waals surface area contributed by atoms with Crippen LogP contribution in [0.25, 0.3) is 10.9 Å². The molecule has 0 spiro atoms. The molecule has 0 saturated heterocycles. The van der Waals surface area contributed by atoms with E-state index in [9.17, 15) is 8.42 Å². The van der Waals surface area contributed by atoms with E-state index in [1.807, 2.05) is 31.2 Å². The number of hydrogen-bond acceptors (Lipinski definition) is 5. The van der Waals surface area contributed by atoms with Crippen molar-refractivity contribution in [3.8, 4) is 11.6 Å². The normalized spacial score (nSPS) is 11.4. The van der Waals surface area contributed by atoms with Crippen LogP contribution in [0.5, 0.6) is 11.6 Å². The second-order valence-corrected chi connectivity index (χ2v) is 8.55. The summed E-state index contributed by atoms with van der Waals surface area (Å²) in [6.07, 6.45) is 1.45. The van der Waals surface area contributed by atoms with Gasteiger partial charge in [0.1, 0.15) is 12.1 Å². The lowest BCUT2D eigenvalue weighted by Crippen LogP contribution is -2.26. The summed E-state index contributed by atoms with van der Waals surface area (Å²) in [5.74, 6) is 1.00. The Bertz CT molecular complexity index is 1250. The number of anilines is 1. The fourth-order valence-corrected chi connectivity index (χ4v) is 4.10. The highest BCUT2D eigenvalue weighted by molar-refractivity contribution is 7.92. The number of rotatable bonds is 5. The molecule has 3 aromatic carbocycles. The van der Waals surface area contributed by atoms with Gasteiger partial charge in [0, 0.05) is 7.05 Å². The van der Waals surface area contributed by atoms with Gasteiger partial charge in [-0.2, -0.15) is 0 Å². The fraction of sp³-hybridized carbons (Fsp3) is 0.0909. The summed E-state index contributed by atoms with van der Waals surface area (Å²) in [5, 5.41) is 0.804. The number of hydrogen-bond donors (Lipinski definition) is 0. The molecule has 0 saturated carbocycles. The summed E-state index contributed by atoms with van der Waals surface area (Å²) in [6.45, 7) is 1.92. The second-order valence-electron chi connectivity index (χ2n) is 6.58. The van der Waals surface area contributed by atoms with Crippen LogP contribution in [-0.2, 0) is 10.0 Å². The molecule has 0 aliphatic carbocycles. The molecule has 7 heteroatoms. The maximum Gasteiger partial charge on any atom is 0.264 e. The number of aromatic nitrogens is 2. The minimum Gasteiger partial charge on any atom is -0.438 e. The Kier molecular flexibility index (Phi) is 4.90. The quantitative estimate of drug-likeness (QED) is 0.487. The number of benzene rings is 3. The average Bonchev–Trinajstić information content (AvgIpc) is 2.74. The van der Waals surface area contributed by atoms with Crippen molar-refractivity contribution >= 4 is 26.6 Å². The molecule has 0 amide bonds. The molecule has 0 atom stereocenters. The van der Waals surface area contributed by atoms with E-state index >= 15 is 0 Å². The minimum absolute atomic E-state index is 0.249. The van der Waals surface area contributed by atoms with E-state index < -0.39 is 10.0 Å². The van der Waals surface area contributed by atoms with Gasteiger partial charge in [-0.3, -0.25) is 4.31 Å². The molecule has 0 bridgehead atoms. The van der Waals surface area contributed by atoms with Crippen molar-refractivity contribution in [2.75, 3.05) is 11.4 Å². The summed E-state index contributed by atoms with van der Waals surface area (Å²) in [5.41, 5.74) is 2.33. The summed E-state index contributed by atoms with van der Waals surface area (Å²) in [7, 11) is -2.11. The van der Waals surface area contributed by atoms with Crippen LogP contribution in [0, 0.1) is 6.92 Å². The van der Waals surface area contributed by atoms with Crippen molar-refractivity contribution in [3.05, 3.63) is 84.7 Å². The molecule has 0 aliphatic heterocycles. The van der Waals surface area contributed by atoms with Gasteiger partial charge >= 0.3 is 0 Å². The zero-order valence-corrected chi connectivity index (χ0v) is 16.8. The minimum atomic E-state index is -3.64. The summed E-state index contributed by atoms with van der Waals surface area (Å²) >= 11 is 0. The number of nitrogens with zero attached hydrogens (tertiary/aromatic N) is 3. The van der Waals surface area contributed by atoms with Gasteiger partial charge in [0.15, 0.2) is 0 Å². The van der Waals surface area contributed by atoms with Crippen LogP contribution in [0.4, 0.5) is 5.69 Å². The lowest BCUT2D eigenvalue weighted by molar-refractivity contribution is 0.468. The molecular weight excluding hydrogens is 386 g/mol. The summed E-state index contributed by atoms with van der Waals surface area (Å²) in [4.78, 5) is 8.67. The number of sulfonamides is 1. The fourth-order valence-electron chi connectivity index (χ4n) is 2.90. The predicted molar refractivity (Wildman–Crippen MR) is 113 cm³/mol. The average molecular weight is 405 g/mol. The van der Waals surface area contributed by atoms with Crippen molar-refractivity contribution in [3.63, 3.8) is 0 Å². The van der Waals surface area contributed by atoms with Gasteiger partial charge < -0.3 is 4.74 Å². The highest BCUT2D eigenvalue weighted by Gasteiger charge is 2.21. The third kappa shape index (κ3) is 3.77. The molecule has 0 fully saturated rings. The molecule has 0 N–H and O–H groups in total. The molecule has 29 heavy (non-hydrogen) atoms. The zero-order chi connectivity index (χ0) is 20.4. The van der Waals surface area contributed by atoms with Crippen LogP contribution in [0.3, 0.4) is 0 Å². The van der Waals surface area contributed by atoms with Crippen molar-refractivity contribution in [1.82, 2.24) is 9.97 Å². The Labute approximate surface area is 169 Å². The monoisotopic (exact) mass is 405 g/mol. The van der Waals surface area contributed by atoms with Crippen LogP contribution < -0.4 is 9.04 Å². The summed E-state index contributed by atoms with van der Waals surface area (Å²) < 4.78 is 32.8. The number of fused-ring (bicyclic) bond motifs is 1. The molecule has 4 rings (SSSR count). The predicted octanol–water partition coefficient (Wildman–Crippen LogP) is 4.56. The first-order chi connectivity index (χ1) is 13.9. The molecule has 1 aromatic heterocycles. The lowest BCUT2D eigenvalue weighted by atomic mass is 10.2. The first-order valence-corrected chi connectivity index (χ1v) is 10.4. The van der Waals surface area contributed by atoms with Crippen molar-refractivity contribution in [2.24, 2.45) is 0 Å². The van der Waals surface area contributed by atoms with Crippen LogP contribution in [0.15, 0.2) is 84.0 Å². The number of aryl methyl sites for hydroxylation is 1. The molecule has 146 valence electrons. The Morgan fingerprint density at radius 1 is 0.862 bits per heavy atom. The Balaban J connectivity index is 1.58. The van der Waals surface area contributed by atoms with Gasteiger partial charge in [0.25, 0.3) is 10.0 Å². The second kappa shape index (κ2) is 7.52. The van der Waals surface area contributed by atoms with Gasteiger partial charge in [-0.05, 0) is 55.5 Å². The van der Waals surface area contributed by atoms with Gasteiger partial charge in [-0.1, -0.05) is 29.8 Å². The van der Waals surface area contributed by atoms with Crippen molar-refractivity contribution in [1.29, 1.82) is 0 Å². The Morgan fingerprint density at radius 2 is 1.55 bits per heavy atom. The van der Waals surface area contributed by atoms with Crippen LogP contribution in [0.2, 0.25) is 0 Å². The van der Waals surface area contributed by atoms with E-state index in [0.717, 1.165) is 16.5 Å². The molecular formula is C22H19N3O3S. The van der Waals surface area contributed by atoms with Crippen LogP contribution in [-0.4, -0.2) is 25.4 Å². The first-order valence-electron chi connectivity index (χ1n) is 8.98. The smallest absolute Gasteiger partial charge is 0.264 e. The lowest BCUT2D eigenvalue weighted by Gasteiger charge is -2.20. The third-order valence-electron chi connectivity index (χ3n) is 4.60. The van der Waals surface area contributed by atoms with E-state index in [0.29, 0.717) is 17.3 Å². The van der Waals surface area contributed by atoms with E-state index in [1.165, 1.54) is 17.7 Å². The van der Waals surface area contributed by atoms with E-state index in [2.05, 4.69) is 9.97 Å². The number of para-hydroxylation sites is 1. The topological polar surface area (TPSA) is 72.4 Å². The highest BCUT2D eigenvalue weighted by atomic mass is 32.2. The van der Waals surface area contributed by atoms with Crippen LogP contribution >= 0.6 is 0 Å². The first kappa shape index (κ1) is 18.9. The maximum absolute atomic E-state index is 12.8. The van der Waals surface area contributed by atoms with E-state index in [4.69, 9.17) is 4.74 Å². The van der Waals surface area contributed by atoms with Gasteiger partial charge in [0.05, 0.1) is 21.5 Å². The number of ether oxygens (including phenoxy) is 1. The molecule has 1 heterocycles. The van der Waals surface area contributed by atoms with Crippen molar-refractivity contribution in [2.45, 2.75) is 11.8 Å². The zero-order valence-electron chi connectivity index (χ0n) is 16.0. The van der Waals surface area contributed by atoms with E-state index in [1.54, 1.807) is 48.5 Å². The maximum atomic E-state index is 12.8. The van der Waals surface area contributed by atoms with Gasteiger partial charge in [-0.25, -0.2) is 18.4 Å². The molecule has 0 radical (unpaired) electrons.